The fourth-order valence-electron chi connectivity index (χ4n) is 3.31. The number of hydrogen-bond acceptors (Lipinski definition) is 3. The van der Waals surface area contributed by atoms with Crippen LogP contribution in [0.4, 0.5) is 0 Å². The van der Waals surface area contributed by atoms with E-state index >= 15 is 0 Å². The molecule has 4 nitrogen and oxygen atoms in total. The number of nitrogens with zero attached hydrogens (tertiary/aromatic N) is 3. The molecule has 0 bridgehead atoms. The van der Waals surface area contributed by atoms with Gasteiger partial charge in [0, 0.05) is 31.9 Å². The zero-order chi connectivity index (χ0) is 13.8. The average Bonchev–Trinajstić information content (AvgIpc) is 3.23. The quantitative estimate of drug-likeness (QED) is 0.829. The molecule has 3 rings (SSSR count). The van der Waals surface area contributed by atoms with Crippen molar-refractivity contribution in [2.75, 3.05) is 19.6 Å². The van der Waals surface area contributed by atoms with Gasteiger partial charge in [0.05, 0.1) is 5.69 Å². The lowest BCUT2D eigenvalue weighted by molar-refractivity contribution is 0.188. The predicted octanol–water partition coefficient (Wildman–Crippen LogP) is 2.26. The summed E-state index contributed by atoms with van der Waals surface area (Å²) >= 11 is 0. The van der Waals surface area contributed by atoms with E-state index in [1.54, 1.807) is 0 Å². The molecule has 1 saturated heterocycles. The van der Waals surface area contributed by atoms with E-state index in [0.717, 1.165) is 31.5 Å². The Morgan fingerprint density at radius 3 is 3.00 bits per heavy atom. The molecule has 1 aliphatic heterocycles. The van der Waals surface area contributed by atoms with Crippen molar-refractivity contribution in [1.82, 2.24) is 20.0 Å². The van der Waals surface area contributed by atoms with Gasteiger partial charge < -0.3 is 5.32 Å². The zero-order valence-electron chi connectivity index (χ0n) is 12.7. The van der Waals surface area contributed by atoms with Crippen molar-refractivity contribution in [2.24, 2.45) is 5.92 Å². The van der Waals surface area contributed by atoms with E-state index in [4.69, 9.17) is 0 Å². The summed E-state index contributed by atoms with van der Waals surface area (Å²) in [7, 11) is 0. The van der Waals surface area contributed by atoms with Gasteiger partial charge in [-0.25, -0.2) is 0 Å². The summed E-state index contributed by atoms with van der Waals surface area (Å²) in [4.78, 5) is 2.71. The van der Waals surface area contributed by atoms with Gasteiger partial charge in [-0.05, 0) is 57.2 Å². The molecule has 0 amide bonds. The van der Waals surface area contributed by atoms with Crippen LogP contribution in [-0.2, 0) is 13.1 Å². The van der Waals surface area contributed by atoms with Crippen LogP contribution in [0.3, 0.4) is 0 Å². The minimum absolute atomic E-state index is 0.835. The Bertz CT molecular complexity index is 404. The molecule has 4 heteroatoms. The molecule has 2 aliphatic rings. The predicted molar refractivity (Wildman–Crippen MR) is 81.5 cm³/mol. The number of aryl methyl sites for hydroxylation is 1. The second-order valence-corrected chi connectivity index (χ2v) is 6.42. The Kier molecular flexibility index (Phi) is 4.73. The highest BCUT2D eigenvalue weighted by molar-refractivity contribution is 5.02. The fraction of sp³-hybridized carbons (Fsp3) is 0.812. The molecule has 0 spiro atoms. The van der Waals surface area contributed by atoms with Gasteiger partial charge in [0.15, 0.2) is 0 Å². The van der Waals surface area contributed by atoms with Crippen LogP contribution in [0.1, 0.15) is 44.7 Å². The van der Waals surface area contributed by atoms with E-state index in [1.807, 2.05) is 6.20 Å². The second kappa shape index (κ2) is 6.72. The average molecular weight is 276 g/mol. The molecule has 1 aliphatic carbocycles. The van der Waals surface area contributed by atoms with Crippen molar-refractivity contribution >= 4 is 0 Å². The number of rotatable bonds is 7. The standard InChI is InChI=1S/C16H28N4/c1-2-10-20-16(7-9-18-20)13-19(15-5-6-15)12-14-4-3-8-17-11-14/h7,9,14-15,17H,2-6,8,10-13H2,1H3. The third kappa shape index (κ3) is 3.61. The van der Waals surface area contributed by atoms with Crippen molar-refractivity contribution in [3.63, 3.8) is 0 Å². The Morgan fingerprint density at radius 1 is 1.40 bits per heavy atom. The highest BCUT2D eigenvalue weighted by Crippen LogP contribution is 2.30. The zero-order valence-corrected chi connectivity index (χ0v) is 12.7. The molecule has 1 aromatic rings. The van der Waals surface area contributed by atoms with Crippen LogP contribution in [0.25, 0.3) is 0 Å². The van der Waals surface area contributed by atoms with Crippen molar-refractivity contribution < 1.29 is 0 Å². The molecule has 1 aromatic heterocycles. The molecule has 1 saturated carbocycles. The van der Waals surface area contributed by atoms with Gasteiger partial charge in [0.1, 0.15) is 0 Å². The van der Waals surface area contributed by atoms with Gasteiger partial charge in [0.2, 0.25) is 0 Å². The Morgan fingerprint density at radius 2 is 2.30 bits per heavy atom. The molecule has 1 atom stereocenters. The van der Waals surface area contributed by atoms with Gasteiger partial charge in [0.25, 0.3) is 0 Å². The van der Waals surface area contributed by atoms with Gasteiger partial charge in [-0.3, -0.25) is 9.58 Å². The van der Waals surface area contributed by atoms with E-state index in [0.29, 0.717) is 0 Å². The lowest BCUT2D eigenvalue weighted by atomic mass is 9.99. The molecule has 0 radical (unpaired) electrons. The Balaban J connectivity index is 1.60. The number of hydrogen-bond donors (Lipinski definition) is 1. The Hall–Kier alpha value is -0.870. The molecule has 2 heterocycles. The van der Waals surface area contributed by atoms with Crippen molar-refractivity contribution in [1.29, 1.82) is 0 Å². The topological polar surface area (TPSA) is 33.1 Å². The maximum Gasteiger partial charge on any atom is 0.0524 e. The van der Waals surface area contributed by atoms with E-state index in [-0.39, 0.29) is 0 Å². The Labute approximate surface area is 122 Å². The van der Waals surface area contributed by atoms with Gasteiger partial charge in [-0.1, -0.05) is 6.92 Å². The van der Waals surface area contributed by atoms with Crippen LogP contribution in [0, 0.1) is 5.92 Å². The van der Waals surface area contributed by atoms with Crippen molar-refractivity contribution in [2.45, 2.75) is 58.2 Å². The lowest BCUT2D eigenvalue weighted by Gasteiger charge is -2.30. The van der Waals surface area contributed by atoms with Crippen LogP contribution in [-0.4, -0.2) is 40.4 Å². The lowest BCUT2D eigenvalue weighted by Crippen LogP contribution is -2.39. The molecule has 1 N–H and O–H groups in total. The third-order valence-corrected chi connectivity index (χ3v) is 4.56. The monoisotopic (exact) mass is 276 g/mol. The molecule has 0 aromatic carbocycles. The van der Waals surface area contributed by atoms with E-state index in [2.05, 4.69) is 33.0 Å². The highest BCUT2D eigenvalue weighted by Gasteiger charge is 2.31. The molecule has 112 valence electrons. The van der Waals surface area contributed by atoms with E-state index < -0.39 is 0 Å². The number of nitrogens with one attached hydrogen (secondary N) is 1. The van der Waals surface area contributed by atoms with Crippen LogP contribution in [0.15, 0.2) is 12.3 Å². The van der Waals surface area contributed by atoms with E-state index in [1.165, 1.54) is 51.0 Å². The van der Waals surface area contributed by atoms with Gasteiger partial charge in [-0.2, -0.15) is 5.10 Å². The van der Waals surface area contributed by atoms with Crippen LogP contribution < -0.4 is 5.32 Å². The first-order valence-electron chi connectivity index (χ1n) is 8.32. The van der Waals surface area contributed by atoms with Crippen LogP contribution >= 0.6 is 0 Å². The first-order valence-corrected chi connectivity index (χ1v) is 8.32. The summed E-state index contributed by atoms with van der Waals surface area (Å²) in [5, 5.41) is 8.01. The fourth-order valence-corrected chi connectivity index (χ4v) is 3.31. The minimum atomic E-state index is 0.835. The summed E-state index contributed by atoms with van der Waals surface area (Å²) in [6, 6.07) is 3.03. The molecular formula is C16H28N4. The van der Waals surface area contributed by atoms with Gasteiger partial charge in [-0.15, -0.1) is 0 Å². The number of piperidine rings is 1. The molecular weight excluding hydrogens is 248 g/mol. The largest absolute Gasteiger partial charge is 0.316 e. The normalized spacial score (nSPS) is 23.4. The molecule has 2 fully saturated rings. The maximum absolute atomic E-state index is 4.46. The minimum Gasteiger partial charge on any atom is -0.316 e. The summed E-state index contributed by atoms with van der Waals surface area (Å²) in [5.41, 5.74) is 1.39. The summed E-state index contributed by atoms with van der Waals surface area (Å²) < 4.78 is 2.19. The summed E-state index contributed by atoms with van der Waals surface area (Å²) in [6.07, 6.45) is 8.63. The third-order valence-electron chi connectivity index (χ3n) is 4.56. The second-order valence-electron chi connectivity index (χ2n) is 6.42. The molecule has 20 heavy (non-hydrogen) atoms. The first-order chi connectivity index (χ1) is 9.86. The molecule has 1 unspecified atom stereocenters. The smallest absolute Gasteiger partial charge is 0.0524 e. The SMILES string of the molecule is CCCn1nccc1CN(CC1CCCNC1)C1CC1. The summed E-state index contributed by atoms with van der Waals surface area (Å²) in [5.74, 6) is 0.840. The number of aromatic nitrogens is 2. The summed E-state index contributed by atoms with van der Waals surface area (Å²) in [6.45, 7) is 8.03. The van der Waals surface area contributed by atoms with Gasteiger partial charge >= 0.3 is 0 Å². The van der Waals surface area contributed by atoms with Crippen molar-refractivity contribution in [3.8, 4) is 0 Å². The van der Waals surface area contributed by atoms with E-state index in [9.17, 15) is 0 Å². The van der Waals surface area contributed by atoms with Crippen molar-refractivity contribution in [3.05, 3.63) is 18.0 Å². The van der Waals surface area contributed by atoms with Crippen LogP contribution in [0.5, 0.6) is 0 Å². The maximum atomic E-state index is 4.46. The van der Waals surface area contributed by atoms with Crippen LogP contribution in [0.2, 0.25) is 0 Å². The highest BCUT2D eigenvalue weighted by atomic mass is 15.3. The first kappa shape index (κ1) is 14.1.